The highest BCUT2D eigenvalue weighted by atomic mass is 16.6. The van der Waals surface area contributed by atoms with Gasteiger partial charge >= 0.3 is 18.0 Å². The molecule has 1 atom stereocenters. The standard InChI is InChI=1S/C16H24N2O7/c1-6-24-13(22)16(12(20)21,18-11(2)19)9-7-8-10-17-14(23)25-15(3,4)5/h6,9-10H2,1-5H3,(H,17,23)(H,18,19)(H,20,21). The number of rotatable bonds is 6. The number of esters is 1. The average molecular weight is 356 g/mol. The summed E-state index contributed by atoms with van der Waals surface area (Å²) in [6.07, 6.45) is -1.20. The number of hydrogen-bond donors (Lipinski definition) is 3. The molecule has 0 spiro atoms. The first-order chi connectivity index (χ1) is 11.4. The molecule has 1 unspecified atom stereocenters. The molecule has 0 aliphatic heterocycles. The number of amides is 2. The molecule has 0 aromatic heterocycles. The Morgan fingerprint density at radius 3 is 2.16 bits per heavy atom. The molecule has 9 heteroatoms. The lowest BCUT2D eigenvalue weighted by atomic mass is 9.95. The van der Waals surface area contributed by atoms with Crippen LogP contribution in [0.5, 0.6) is 0 Å². The van der Waals surface area contributed by atoms with Crippen molar-refractivity contribution < 1.29 is 33.8 Å². The highest BCUT2D eigenvalue weighted by molar-refractivity contribution is 6.07. The number of carbonyl (C=O) groups excluding carboxylic acids is 3. The second-order valence-electron chi connectivity index (χ2n) is 6.00. The van der Waals surface area contributed by atoms with Gasteiger partial charge in [-0.25, -0.2) is 14.4 Å². The van der Waals surface area contributed by atoms with Crippen LogP contribution in [-0.4, -0.2) is 53.3 Å². The van der Waals surface area contributed by atoms with E-state index in [0.717, 1.165) is 6.92 Å². The Morgan fingerprint density at radius 2 is 1.72 bits per heavy atom. The van der Waals surface area contributed by atoms with Gasteiger partial charge in [-0.1, -0.05) is 11.8 Å². The molecule has 0 radical (unpaired) electrons. The molecule has 9 nitrogen and oxygen atoms in total. The van der Waals surface area contributed by atoms with Crippen molar-refractivity contribution in [2.24, 2.45) is 0 Å². The molecule has 0 aliphatic carbocycles. The zero-order valence-corrected chi connectivity index (χ0v) is 15.0. The van der Waals surface area contributed by atoms with Crippen LogP contribution in [0.3, 0.4) is 0 Å². The Labute approximate surface area is 146 Å². The molecule has 2 amide bonds. The molecule has 25 heavy (non-hydrogen) atoms. The molecule has 140 valence electrons. The number of carbonyl (C=O) groups is 4. The van der Waals surface area contributed by atoms with Crippen LogP contribution < -0.4 is 10.6 Å². The Hall–Kier alpha value is -2.76. The number of nitrogens with one attached hydrogen (secondary N) is 2. The van der Waals surface area contributed by atoms with Gasteiger partial charge in [0, 0.05) is 6.92 Å². The lowest BCUT2D eigenvalue weighted by Gasteiger charge is -2.25. The molecule has 0 aromatic carbocycles. The molecule has 0 fully saturated rings. The maximum atomic E-state index is 12.0. The van der Waals surface area contributed by atoms with Crippen LogP contribution in [0.25, 0.3) is 0 Å². The Balaban J connectivity index is 5.00. The third-order valence-corrected chi connectivity index (χ3v) is 2.58. The lowest BCUT2D eigenvalue weighted by Crippen LogP contribution is -2.60. The van der Waals surface area contributed by atoms with E-state index < -0.39 is 41.5 Å². The summed E-state index contributed by atoms with van der Waals surface area (Å²) in [6.45, 7) is 7.52. The fourth-order valence-corrected chi connectivity index (χ4v) is 1.63. The SMILES string of the molecule is CCOC(=O)C(CC#CCNC(=O)OC(C)(C)C)(NC(C)=O)C(=O)O. The summed E-state index contributed by atoms with van der Waals surface area (Å²) in [5, 5.41) is 13.8. The van der Waals surface area contributed by atoms with Crippen LogP contribution in [0.4, 0.5) is 4.79 Å². The van der Waals surface area contributed by atoms with E-state index in [1.165, 1.54) is 6.92 Å². The van der Waals surface area contributed by atoms with Crippen LogP contribution in [-0.2, 0) is 23.9 Å². The summed E-state index contributed by atoms with van der Waals surface area (Å²) in [5.74, 6) is 1.53. The van der Waals surface area contributed by atoms with Gasteiger partial charge in [-0.2, -0.15) is 0 Å². The van der Waals surface area contributed by atoms with Gasteiger partial charge in [-0.3, -0.25) is 4.79 Å². The van der Waals surface area contributed by atoms with Gasteiger partial charge in [0.1, 0.15) is 5.60 Å². The Morgan fingerprint density at radius 1 is 1.12 bits per heavy atom. The maximum Gasteiger partial charge on any atom is 0.408 e. The van der Waals surface area contributed by atoms with Gasteiger partial charge in [0.25, 0.3) is 0 Å². The van der Waals surface area contributed by atoms with Gasteiger partial charge in [-0.15, -0.1) is 0 Å². The van der Waals surface area contributed by atoms with Gasteiger partial charge < -0.3 is 25.2 Å². The molecule has 0 aliphatic rings. The summed E-state index contributed by atoms with van der Waals surface area (Å²) in [4.78, 5) is 46.2. The smallest absolute Gasteiger partial charge is 0.408 e. The van der Waals surface area contributed by atoms with E-state index in [4.69, 9.17) is 9.47 Å². The van der Waals surface area contributed by atoms with Gasteiger partial charge in [0.15, 0.2) is 0 Å². The highest BCUT2D eigenvalue weighted by Gasteiger charge is 2.48. The van der Waals surface area contributed by atoms with Gasteiger partial charge in [0.2, 0.25) is 11.4 Å². The minimum absolute atomic E-state index is 0.0545. The maximum absolute atomic E-state index is 12.0. The average Bonchev–Trinajstić information content (AvgIpc) is 2.43. The second kappa shape index (κ2) is 9.52. The van der Waals surface area contributed by atoms with E-state index in [9.17, 15) is 24.3 Å². The molecule has 0 bridgehead atoms. The van der Waals surface area contributed by atoms with Gasteiger partial charge in [0.05, 0.1) is 19.6 Å². The number of carboxylic acids is 1. The van der Waals surface area contributed by atoms with E-state index in [1.54, 1.807) is 20.8 Å². The van der Waals surface area contributed by atoms with E-state index in [1.807, 2.05) is 0 Å². The van der Waals surface area contributed by atoms with E-state index >= 15 is 0 Å². The predicted octanol–water partition coefficient (Wildman–Crippen LogP) is 0.427. The zero-order chi connectivity index (χ0) is 19.7. The fourth-order valence-electron chi connectivity index (χ4n) is 1.63. The van der Waals surface area contributed by atoms with Crippen molar-refractivity contribution >= 4 is 23.9 Å². The number of ether oxygens (including phenoxy) is 2. The van der Waals surface area contributed by atoms with Gasteiger partial charge in [-0.05, 0) is 27.7 Å². The van der Waals surface area contributed by atoms with Crippen LogP contribution in [0.2, 0.25) is 0 Å². The highest BCUT2D eigenvalue weighted by Crippen LogP contribution is 2.14. The molecular weight excluding hydrogens is 332 g/mol. The second-order valence-corrected chi connectivity index (χ2v) is 6.00. The lowest BCUT2D eigenvalue weighted by molar-refractivity contribution is -0.164. The molecule has 0 saturated carbocycles. The van der Waals surface area contributed by atoms with Crippen molar-refractivity contribution in [2.75, 3.05) is 13.2 Å². The van der Waals surface area contributed by atoms with Crippen molar-refractivity contribution in [3.8, 4) is 11.8 Å². The van der Waals surface area contributed by atoms with Crippen LogP contribution >= 0.6 is 0 Å². The first-order valence-corrected chi connectivity index (χ1v) is 7.56. The summed E-state index contributed by atoms with van der Waals surface area (Å²) < 4.78 is 9.73. The summed E-state index contributed by atoms with van der Waals surface area (Å²) >= 11 is 0. The van der Waals surface area contributed by atoms with E-state index in [2.05, 4.69) is 22.5 Å². The minimum Gasteiger partial charge on any atom is -0.479 e. The molecule has 0 saturated heterocycles. The fraction of sp³-hybridized carbons (Fsp3) is 0.625. The van der Waals surface area contributed by atoms with Crippen molar-refractivity contribution in [1.82, 2.24) is 10.6 Å². The Bertz CT molecular complexity index is 584. The molecule has 0 rings (SSSR count). The molecule has 3 N–H and O–H groups in total. The largest absolute Gasteiger partial charge is 0.479 e. The van der Waals surface area contributed by atoms with Crippen LogP contribution in [0.15, 0.2) is 0 Å². The molecule has 0 aromatic rings. The first-order valence-electron chi connectivity index (χ1n) is 7.56. The zero-order valence-electron chi connectivity index (χ0n) is 15.0. The normalized spacial score (nSPS) is 12.7. The van der Waals surface area contributed by atoms with Crippen molar-refractivity contribution in [2.45, 2.75) is 52.2 Å². The monoisotopic (exact) mass is 356 g/mol. The number of aliphatic carboxylic acids is 1. The third-order valence-electron chi connectivity index (χ3n) is 2.58. The summed E-state index contributed by atoms with van der Waals surface area (Å²) in [5.41, 5.74) is -2.97. The number of carboxylic acid groups (broad SMARTS) is 1. The summed E-state index contributed by atoms with van der Waals surface area (Å²) in [7, 11) is 0. The van der Waals surface area contributed by atoms with Crippen molar-refractivity contribution in [3.05, 3.63) is 0 Å². The number of alkyl carbamates (subject to hydrolysis) is 1. The van der Waals surface area contributed by atoms with Crippen LogP contribution in [0, 0.1) is 11.8 Å². The first kappa shape index (κ1) is 22.2. The third kappa shape index (κ3) is 8.06. The van der Waals surface area contributed by atoms with Crippen molar-refractivity contribution in [3.63, 3.8) is 0 Å². The quantitative estimate of drug-likeness (QED) is 0.357. The van der Waals surface area contributed by atoms with E-state index in [0.29, 0.717) is 0 Å². The minimum atomic E-state index is -2.30. The van der Waals surface area contributed by atoms with E-state index in [-0.39, 0.29) is 13.2 Å². The predicted molar refractivity (Wildman–Crippen MR) is 87.4 cm³/mol. The Kier molecular flexibility index (Phi) is 8.46. The molecular formula is C16H24N2O7. The van der Waals surface area contributed by atoms with Crippen LogP contribution in [0.1, 0.15) is 41.0 Å². The molecule has 0 heterocycles. The summed E-state index contributed by atoms with van der Waals surface area (Å²) in [6, 6.07) is 0. The van der Waals surface area contributed by atoms with Crippen molar-refractivity contribution in [1.29, 1.82) is 0 Å². The topological polar surface area (TPSA) is 131 Å². The number of hydrogen-bond acceptors (Lipinski definition) is 6.